The molecule has 0 saturated carbocycles. The minimum Gasteiger partial charge on any atom is -0.376 e. The average molecular weight is 373 g/mol. The van der Waals surface area contributed by atoms with E-state index in [0.29, 0.717) is 29.1 Å². The highest BCUT2D eigenvalue weighted by molar-refractivity contribution is 8.00. The normalized spacial score (nSPS) is 18.0. The Hall–Kier alpha value is -2.12. The Morgan fingerprint density at radius 1 is 1.54 bits per heavy atom. The van der Waals surface area contributed by atoms with Crippen LogP contribution >= 0.6 is 11.8 Å². The lowest BCUT2D eigenvalue weighted by atomic mass is 10.2. The summed E-state index contributed by atoms with van der Waals surface area (Å²) in [5.74, 6) is -0.110. The van der Waals surface area contributed by atoms with Gasteiger partial charge >= 0.3 is 0 Å². The van der Waals surface area contributed by atoms with Crippen molar-refractivity contribution in [1.29, 1.82) is 0 Å². The zero-order valence-electron chi connectivity index (χ0n) is 14.8. The summed E-state index contributed by atoms with van der Waals surface area (Å²) in [5, 5.41) is 3.53. The molecule has 26 heavy (non-hydrogen) atoms. The molecular formula is C19H23N3O3S. The van der Waals surface area contributed by atoms with Crippen molar-refractivity contribution in [3.05, 3.63) is 47.3 Å². The van der Waals surface area contributed by atoms with E-state index >= 15 is 0 Å². The number of nitrogens with one attached hydrogen (secondary N) is 1. The quantitative estimate of drug-likeness (QED) is 0.458. The van der Waals surface area contributed by atoms with Gasteiger partial charge in [0.2, 0.25) is 5.91 Å². The van der Waals surface area contributed by atoms with Crippen LogP contribution in [0.4, 0.5) is 0 Å². The van der Waals surface area contributed by atoms with Crippen molar-refractivity contribution < 1.29 is 9.53 Å². The van der Waals surface area contributed by atoms with Crippen LogP contribution in [-0.2, 0) is 16.1 Å². The Balaban J connectivity index is 1.94. The summed E-state index contributed by atoms with van der Waals surface area (Å²) in [7, 11) is 0. The van der Waals surface area contributed by atoms with E-state index in [1.165, 1.54) is 11.8 Å². The van der Waals surface area contributed by atoms with Crippen LogP contribution in [0.1, 0.15) is 19.8 Å². The highest BCUT2D eigenvalue weighted by atomic mass is 32.2. The molecule has 0 aliphatic carbocycles. The maximum Gasteiger partial charge on any atom is 0.262 e. The molecule has 1 aliphatic rings. The van der Waals surface area contributed by atoms with Gasteiger partial charge in [-0.3, -0.25) is 14.2 Å². The van der Waals surface area contributed by atoms with Crippen molar-refractivity contribution in [2.45, 2.75) is 42.8 Å². The molecule has 1 aromatic heterocycles. The zero-order valence-corrected chi connectivity index (χ0v) is 15.6. The van der Waals surface area contributed by atoms with Gasteiger partial charge in [-0.15, -0.1) is 6.58 Å². The molecule has 138 valence electrons. The fraction of sp³-hybridized carbons (Fsp3) is 0.421. The summed E-state index contributed by atoms with van der Waals surface area (Å²) in [4.78, 5) is 29.8. The number of carbonyl (C=O) groups excluding carboxylic acids is 1. The number of aromatic nitrogens is 2. The van der Waals surface area contributed by atoms with E-state index in [4.69, 9.17) is 4.74 Å². The third-order valence-corrected chi connectivity index (χ3v) is 5.40. The minimum atomic E-state index is -0.376. The zero-order chi connectivity index (χ0) is 18.5. The number of benzene rings is 1. The predicted octanol–water partition coefficient (Wildman–Crippen LogP) is 2.36. The van der Waals surface area contributed by atoms with Crippen molar-refractivity contribution >= 4 is 28.6 Å². The Labute approximate surface area is 156 Å². The van der Waals surface area contributed by atoms with Gasteiger partial charge in [0.25, 0.3) is 5.56 Å². The molecule has 0 spiro atoms. The topological polar surface area (TPSA) is 73.2 Å². The largest absolute Gasteiger partial charge is 0.376 e. The maximum atomic E-state index is 13.0. The van der Waals surface area contributed by atoms with Crippen LogP contribution in [0.25, 0.3) is 10.9 Å². The van der Waals surface area contributed by atoms with E-state index in [9.17, 15) is 9.59 Å². The lowest BCUT2D eigenvalue weighted by Gasteiger charge is -2.18. The van der Waals surface area contributed by atoms with Crippen molar-refractivity contribution in [1.82, 2.24) is 14.9 Å². The minimum absolute atomic E-state index is 0.0138. The van der Waals surface area contributed by atoms with E-state index in [-0.39, 0.29) is 22.8 Å². The molecule has 1 aromatic carbocycles. The first-order valence-electron chi connectivity index (χ1n) is 8.76. The lowest BCUT2D eigenvalue weighted by molar-refractivity contribution is -0.120. The number of fused-ring (bicyclic) bond motifs is 1. The van der Waals surface area contributed by atoms with Crippen LogP contribution in [0.2, 0.25) is 0 Å². The summed E-state index contributed by atoms with van der Waals surface area (Å²) >= 11 is 1.29. The first kappa shape index (κ1) is 18.7. The molecule has 2 heterocycles. The number of thioether (sulfide) groups is 1. The third-order valence-electron chi connectivity index (χ3n) is 4.31. The number of carbonyl (C=O) groups is 1. The second-order valence-electron chi connectivity index (χ2n) is 6.26. The van der Waals surface area contributed by atoms with E-state index in [2.05, 4.69) is 16.9 Å². The molecule has 1 aliphatic heterocycles. The van der Waals surface area contributed by atoms with Crippen molar-refractivity contribution in [2.75, 3.05) is 13.2 Å². The summed E-state index contributed by atoms with van der Waals surface area (Å²) in [6.45, 7) is 7.00. The van der Waals surface area contributed by atoms with Gasteiger partial charge in [0.05, 0.1) is 28.8 Å². The van der Waals surface area contributed by atoms with Crippen LogP contribution in [0, 0.1) is 0 Å². The Bertz CT molecular complexity index is 859. The molecule has 1 amide bonds. The number of hydrogen-bond donors (Lipinski definition) is 1. The molecule has 3 rings (SSSR count). The molecule has 0 unspecified atom stereocenters. The second kappa shape index (κ2) is 8.51. The Kier molecular flexibility index (Phi) is 6.11. The average Bonchev–Trinajstić information content (AvgIpc) is 3.16. The Morgan fingerprint density at radius 2 is 2.35 bits per heavy atom. The first-order chi connectivity index (χ1) is 12.6. The molecule has 1 fully saturated rings. The van der Waals surface area contributed by atoms with Crippen molar-refractivity contribution in [3.63, 3.8) is 0 Å². The fourth-order valence-corrected chi connectivity index (χ4v) is 3.86. The number of nitrogens with zero attached hydrogens (tertiary/aromatic N) is 2. The highest BCUT2D eigenvalue weighted by Crippen LogP contribution is 2.24. The molecule has 1 N–H and O–H groups in total. The summed E-state index contributed by atoms with van der Waals surface area (Å²) in [6, 6.07) is 7.29. The van der Waals surface area contributed by atoms with Crippen LogP contribution in [0.3, 0.4) is 0 Å². The van der Waals surface area contributed by atoms with E-state index < -0.39 is 0 Å². The van der Waals surface area contributed by atoms with Crippen LogP contribution < -0.4 is 10.9 Å². The monoisotopic (exact) mass is 373 g/mol. The smallest absolute Gasteiger partial charge is 0.262 e. The van der Waals surface area contributed by atoms with Crippen LogP contribution in [0.15, 0.2) is 46.9 Å². The van der Waals surface area contributed by atoms with Gasteiger partial charge in [0, 0.05) is 13.2 Å². The summed E-state index contributed by atoms with van der Waals surface area (Å²) in [5.41, 5.74) is 0.551. The summed E-state index contributed by atoms with van der Waals surface area (Å²) in [6.07, 6.45) is 3.58. The molecule has 7 heteroatoms. The van der Waals surface area contributed by atoms with E-state index in [1.807, 2.05) is 18.2 Å². The lowest BCUT2D eigenvalue weighted by Crippen LogP contribution is -2.33. The van der Waals surface area contributed by atoms with E-state index in [1.54, 1.807) is 23.6 Å². The second-order valence-corrected chi connectivity index (χ2v) is 7.56. The van der Waals surface area contributed by atoms with Gasteiger partial charge in [0.1, 0.15) is 0 Å². The van der Waals surface area contributed by atoms with Crippen molar-refractivity contribution in [2.24, 2.45) is 0 Å². The molecule has 2 aromatic rings. The first-order valence-corrected chi connectivity index (χ1v) is 9.64. The number of rotatable bonds is 7. The molecule has 0 radical (unpaired) electrons. The van der Waals surface area contributed by atoms with Crippen LogP contribution in [0.5, 0.6) is 0 Å². The third kappa shape index (κ3) is 4.16. The van der Waals surface area contributed by atoms with Gasteiger partial charge in [-0.1, -0.05) is 30.0 Å². The van der Waals surface area contributed by atoms with Crippen LogP contribution in [-0.4, -0.2) is 40.0 Å². The van der Waals surface area contributed by atoms with Gasteiger partial charge < -0.3 is 10.1 Å². The number of ether oxygens (including phenoxy) is 1. The number of amides is 1. The van der Waals surface area contributed by atoms with Gasteiger partial charge in [0.15, 0.2) is 5.16 Å². The van der Waals surface area contributed by atoms with E-state index in [0.717, 1.165) is 19.4 Å². The standard InChI is InChI=1S/C19H23N3O3S/c1-3-10-20-17(23)13(2)26-19-21-16-9-5-4-8-15(16)18(24)22(19)12-14-7-6-11-25-14/h3-5,8-9,13-14H,1,6-7,10-12H2,2H3,(H,20,23)/t13-,14-/m1/s1. The van der Waals surface area contributed by atoms with Crippen molar-refractivity contribution in [3.8, 4) is 0 Å². The van der Waals surface area contributed by atoms with Gasteiger partial charge in [-0.25, -0.2) is 4.98 Å². The summed E-state index contributed by atoms with van der Waals surface area (Å²) < 4.78 is 7.35. The molecular weight excluding hydrogens is 350 g/mol. The number of hydrogen-bond acceptors (Lipinski definition) is 5. The fourth-order valence-electron chi connectivity index (χ4n) is 2.92. The SMILES string of the molecule is C=CCNC(=O)[C@@H](C)Sc1nc2ccccc2c(=O)n1C[C@H]1CCCO1. The molecule has 1 saturated heterocycles. The maximum absolute atomic E-state index is 13.0. The molecule has 0 bridgehead atoms. The van der Waals surface area contributed by atoms with Gasteiger partial charge in [-0.2, -0.15) is 0 Å². The highest BCUT2D eigenvalue weighted by Gasteiger charge is 2.22. The predicted molar refractivity (Wildman–Crippen MR) is 104 cm³/mol. The molecule has 6 nitrogen and oxygen atoms in total. The van der Waals surface area contributed by atoms with Gasteiger partial charge in [-0.05, 0) is 31.9 Å². The molecule has 2 atom stereocenters. The number of para-hydroxylation sites is 1. The Morgan fingerprint density at radius 3 is 3.08 bits per heavy atom.